The Morgan fingerprint density at radius 3 is 2.48 bits per heavy atom. The Hall–Kier alpha value is -1.72. The summed E-state index contributed by atoms with van der Waals surface area (Å²) in [6, 6.07) is 4.05. The van der Waals surface area contributed by atoms with Gasteiger partial charge in [0.15, 0.2) is 0 Å². The number of rotatable bonds is 2. The van der Waals surface area contributed by atoms with Crippen molar-refractivity contribution in [1.29, 1.82) is 0 Å². The average molecular weight is 383 g/mol. The second kappa shape index (κ2) is 6.71. The lowest BCUT2D eigenvalue weighted by atomic mass is 9.77. The summed E-state index contributed by atoms with van der Waals surface area (Å²) in [6.07, 6.45) is -0.600. The second-order valence-corrected chi connectivity index (χ2v) is 9.29. The molecule has 3 rings (SSSR count). The monoisotopic (exact) mass is 383 g/mol. The molecule has 1 saturated heterocycles. The number of halogens is 3. The Bertz CT molecular complexity index is 715. The second-order valence-electron chi connectivity index (χ2n) is 9.29. The number of amides is 1. The molecule has 1 spiro atoms. The number of benzene rings is 1. The van der Waals surface area contributed by atoms with E-state index >= 15 is 0 Å². The Kier molecular flexibility index (Phi) is 4.98. The first-order chi connectivity index (χ1) is 12.4. The Balaban J connectivity index is 1.55. The molecule has 6 heteroatoms. The van der Waals surface area contributed by atoms with E-state index in [0.717, 1.165) is 44.3 Å². The SMILES string of the molecule is Cc1cc(C(F)(F)F)ccc1CC1CCC2(C1)CN(C(=O)OC(C)(C)C)C2. The van der Waals surface area contributed by atoms with Crippen LogP contribution in [-0.2, 0) is 17.3 Å². The van der Waals surface area contributed by atoms with Gasteiger partial charge in [0.2, 0.25) is 0 Å². The number of carbonyl (C=O) groups is 1. The summed E-state index contributed by atoms with van der Waals surface area (Å²) >= 11 is 0. The van der Waals surface area contributed by atoms with Crippen molar-refractivity contribution in [2.75, 3.05) is 13.1 Å². The van der Waals surface area contributed by atoms with E-state index in [1.54, 1.807) is 17.9 Å². The van der Waals surface area contributed by atoms with E-state index in [-0.39, 0.29) is 11.5 Å². The highest BCUT2D eigenvalue weighted by Crippen LogP contribution is 2.49. The van der Waals surface area contributed by atoms with E-state index in [4.69, 9.17) is 4.74 Å². The van der Waals surface area contributed by atoms with E-state index in [1.165, 1.54) is 12.1 Å². The topological polar surface area (TPSA) is 29.5 Å². The summed E-state index contributed by atoms with van der Waals surface area (Å²) in [5, 5.41) is 0. The predicted molar refractivity (Wildman–Crippen MR) is 97.5 cm³/mol. The smallest absolute Gasteiger partial charge is 0.416 e. The molecule has 1 aromatic carbocycles. The van der Waals surface area contributed by atoms with E-state index in [9.17, 15) is 18.0 Å². The van der Waals surface area contributed by atoms with Crippen LogP contribution < -0.4 is 0 Å². The highest BCUT2D eigenvalue weighted by Gasteiger charge is 2.50. The Morgan fingerprint density at radius 1 is 1.26 bits per heavy atom. The molecule has 1 heterocycles. The fraction of sp³-hybridized carbons (Fsp3) is 0.667. The lowest BCUT2D eigenvalue weighted by molar-refractivity contribution is -0.137. The molecule has 0 radical (unpaired) electrons. The molecule has 1 saturated carbocycles. The zero-order valence-corrected chi connectivity index (χ0v) is 16.4. The molecule has 0 aromatic heterocycles. The van der Waals surface area contributed by atoms with Crippen LogP contribution in [0.3, 0.4) is 0 Å². The first kappa shape index (κ1) is 20.0. The molecule has 27 heavy (non-hydrogen) atoms. The number of ether oxygens (including phenoxy) is 1. The Labute approximate surface area is 158 Å². The van der Waals surface area contributed by atoms with Crippen LogP contribution in [0.1, 0.15) is 56.7 Å². The van der Waals surface area contributed by atoms with Crippen molar-refractivity contribution >= 4 is 6.09 Å². The molecule has 1 aliphatic heterocycles. The largest absolute Gasteiger partial charge is 0.444 e. The van der Waals surface area contributed by atoms with Crippen LogP contribution in [-0.4, -0.2) is 29.7 Å². The third kappa shape index (κ3) is 4.58. The highest BCUT2D eigenvalue weighted by molar-refractivity contribution is 5.69. The quantitative estimate of drug-likeness (QED) is 0.666. The van der Waals surface area contributed by atoms with Gasteiger partial charge in [0.05, 0.1) is 5.56 Å². The first-order valence-corrected chi connectivity index (χ1v) is 9.52. The van der Waals surface area contributed by atoms with Gasteiger partial charge in [0.1, 0.15) is 5.60 Å². The summed E-state index contributed by atoms with van der Waals surface area (Å²) in [5.74, 6) is 0.459. The van der Waals surface area contributed by atoms with Gasteiger partial charge in [-0.3, -0.25) is 0 Å². The molecular weight excluding hydrogens is 355 g/mol. The highest BCUT2D eigenvalue weighted by atomic mass is 19.4. The molecule has 1 amide bonds. The molecule has 0 bridgehead atoms. The van der Waals surface area contributed by atoms with Crippen LogP contribution in [0.25, 0.3) is 0 Å². The van der Waals surface area contributed by atoms with Crippen LogP contribution in [0.5, 0.6) is 0 Å². The number of hydrogen-bond acceptors (Lipinski definition) is 2. The number of alkyl halides is 3. The van der Waals surface area contributed by atoms with Crippen molar-refractivity contribution < 1.29 is 22.7 Å². The zero-order chi connectivity index (χ0) is 20.0. The van der Waals surface area contributed by atoms with E-state index in [2.05, 4.69) is 0 Å². The molecule has 1 atom stereocenters. The van der Waals surface area contributed by atoms with Gasteiger partial charge in [-0.25, -0.2) is 4.79 Å². The summed E-state index contributed by atoms with van der Waals surface area (Å²) in [5.41, 5.74) is 0.793. The summed E-state index contributed by atoms with van der Waals surface area (Å²) in [4.78, 5) is 13.9. The van der Waals surface area contributed by atoms with Crippen molar-refractivity contribution in [2.24, 2.45) is 11.3 Å². The van der Waals surface area contributed by atoms with Gasteiger partial charge in [0, 0.05) is 18.5 Å². The standard InChI is InChI=1S/C21H28F3NO2/c1-14-9-17(21(22,23)24)6-5-16(14)10-15-7-8-20(11-15)12-25(13-20)18(26)27-19(2,3)4/h5-6,9,15H,7-8,10-13H2,1-4H3. The van der Waals surface area contributed by atoms with Crippen molar-refractivity contribution in [3.05, 3.63) is 34.9 Å². The number of nitrogens with zero attached hydrogens (tertiary/aromatic N) is 1. The number of carbonyl (C=O) groups excluding carboxylic acids is 1. The average Bonchev–Trinajstić information content (AvgIpc) is 2.89. The Morgan fingerprint density at radius 2 is 1.93 bits per heavy atom. The summed E-state index contributed by atoms with van der Waals surface area (Å²) < 4.78 is 43.9. The normalized spacial score (nSPS) is 22.0. The van der Waals surface area contributed by atoms with E-state index in [0.29, 0.717) is 11.5 Å². The molecule has 2 aliphatic rings. The molecule has 150 valence electrons. The van der Waals surface area contributed by atoms with Crippen LogP contribution in [0, 0.1) is 18.3 Å². The van der Waals surface area contributed by atoms with Crippen molar-refractivity contribution in [1.82, 2.24) is 4.90 Å². The molecule has 1 aromatic rings. The lowest BCUT2D eigenvalue weighted by Crippen LogP contribution is -2.58. The van der Waals surface area contributed by atoms with Gasteiger partial charge >= 0.3 is 12.3 Å². The lowest BCUT2D eigenvalue weighted by Gasteiger charge is -2.48. The van der Waals surface area contributed by atoms with Gasteiger partial charge in [-0.05, 0) is 82.6 Å². The molecule has 0 N–H and O–H groups in total. The minimum absolute atomic E-state index is 0.168. The minimum atomic E-state index is -4.29. The van der Waals surface area contributed by atoms with Crippen molar-refractivity contribution in [3.63, 3.8) is 0 Å². The van der Waals surface area contributed by atoms with Crippen LogP contribution in [0.2, 0.25) is 0 Å². The summed E-state index contributed by atoms with van der Waals surface area (Å²) in [6.45, 7) is 8.78. The molecule has 1 unspecified atom stereocenters. The van der Waals surface area contributed by atoms with Gasteiger partial charge in [-0.2, -0.15) is 13.2 Å². The van der Waals surface area contributed by atoms with Crippen LogP contribution in [0.15, 0.2) is 18.2 Å². The predicted octanol–water partition coefficient (Wildman–Crippen LogP) is 5.59. The van der Waals surface area contributed by atoms with Crippen LogP contribution >= 0.6 is 0 Å². The maximum atomic E-state index is 12.8. The third-order valence-corrected chi connectivity index (χ3v) is 5.69. The van der Waals surface area contributed by atoms with Crippen molar-refractivity contribution in [3.8, 4) is 0 Å². The molecule has 1 aliphatic carbocycles. The summed E-state index contributed by atoms with van der Waals surface area (Å²) in [7, 11) is 0. The zero-order valence-electron chi connectivity index (χ0n) is 16.4. The van der Waals surface area contributed by atoms with E-state index < -0.39 is 17.3 Å². The third-order valence-electron chi connectivity index (χ3n) is 5.69. The number of hydrogen-bond donors (Lipinski definition) is 0. The minimum Gasteiger partial charge on any atom is -0.444 e. The number of likely N-dealkylation sites (tertiary alicyclic amines) is 1. The number of aryl methyl sites for hydroxylation is 1. The maximum absolute atomic E-state index is 12.8. The molecule has 2 fully saturated rings. The van der Waals surface area contributed by atoms with Gasteiger partial charge in [-0.15, -0.1) is 0 Å². The maximum Gasteiger partial charge on any atom is 0.416 e. The van der Waals surface area contributed by atoms with Crippen LogP contribution in [0.4, 0.5) is 18.0 Å². The van der Waals surface area contributed by atoms with Gasteiger partial charge < -0.3 is 9.64 Å². The fourth-order valence-electron chi connectivity index (χ4n) is 4.42. The van der Waals surface area contributed by atoms with Gasteiger partial charge in [-0.1, -0.05) is 6.07 Å². The van der Waals surface area contributed by atoms with Crippen molar-refractivity contribution in [2.45, 2.75) is 65.2 Å². The fourth-order valence-corrected chi connectivity index (χ4v) is 4.42. The first-order valence-electron chi connectivity index (χ1n) is 9.52. The molecule has 3 nitrogen and oxygen atoms in total. The van der Waals surface area contributed by atoms with Gasteiger partial charge in [0.25, 0.3) is 0 Å². The van der Waals surface area contributed by atoms with E-state index in [1.807, 2.05) is 20.8 Å². The molecular formula is C21H28F3NO2.